The third kappa shape index (κ3) is 3.07. The molecule has 1 fully saturated rings. The minimum absolute atomic E-state index is 0.141. The normalized spacial score (nSPS) is 15.3. The number of morpholine rings is 1. The van der Waals surface area contributed by atoms with Gasteiger partial charge in [0.1, 0.15) is 0 Å². The molecule has 0 unspecified atom stereocenters. The first-order chi connectivity index (χ1) is 12.6. The summed E-state index contributed by atoms with van der Waals surface area (Å²) in [5, 5.41) is 7.31. The minimum atomic E-state index is -0.141. The molecule has 0 spiro atoms. The number of aryl methyl sites for hydroxylation is 2. The van der Waals surface area contributed by atoms with Gasteiger partial charge in [0.15, 0.2) is 5.65 Å². The number of benzene rings is 1. The highest BCUT2D eigenvalue weighted by Crippen LogP contribution is 2.24. The number of aromatic nitrogens is 3. The summed E-state index contributed by atoms with van der Waals surface area (Å²) in [4.78, 5) is 17.6. The maximum atomic E-state index is 12.9. The summed E-state index contributed by atoms with van der Waals surface area (Å²) in [6, 6.07) is 11.6. The monoisotopic (exact) mass is 351 g/mol. The number of nitrogens with zero attached hydrogens (tertiary/aromatic N) is 4. The molecule has 3 aromatic rings. The van der Waals surface area contributed by atoms with Crippen LogP contribution in [-0.2, 0) is 4.74 Å². The van der Waals surface area contributed by atoms with Gasteiger partial charge in [0.05, 0.1) is 35.5 Å². The zero-order chi connectivity index (χ0) is 18.1. The molecule has 0 atom stereocenters. The molecule has 1 aliphatic heterocycles. The fourth-order valence-electron chi connectivity index (χ4n) is 3.22. The first-order valence-electron chi connectivity index (χ1n) is 8.69. The van der Waals surface area contributed by atoms with Gasteiger partial charge in [-0.3, -0.25) is 10.2 Å². The first kappa shape index (κ1) is 16.7. The van der Waals surface area contributed by atoms with E-state index in [9.17, 15) is 4.79 Å². The average Bonchev–Trinajstić information content (AvgIpc) is 2.99. The van der Waals surface area contributed by atoms with Crippen LogP contribution in [0.1, 0.15) is 21.7 Å². The summed E-state index contributed by atoms with van der Waals surface area (Å²) in [5.74, 6) is -0.141. The van der Waals surface area contributed by atoms with E-state index in [-0.39, 0.29) is 5.91 Å². The van der Waals surface area contributed by atoms with Crippen molar-refractivity contribution >= 4 is 16.9 Å². The van der Waals surface area contributed by atoms with Gasteiger partial charge in [0, 0.05) is 18.8 Å². The Hall–Kier alpha value is -2.77. The van der Waals surface area contributed by atoms with E-state index >= 15 is 0 Å². The van der Waals surface area contributed by atoms with Crippen molar-refractivity contribution in [1.82, 2.24) is 25.2 Å². The van der Waals surface area contributed by atoms with Crippen LogP contribution in [0, 0.1) is 13.8 Å². The number of para-hydroxylation sites is 1. The van der Waals surface area contributed by atoms with E-state index in [1.54, 1.807) is 4.68 Å². The van der Waals surface area contributed by atoms with E-state index in [1.165, 1.54) is 0 Å². The molecule has 1 aliphatic rings. The Bertz CT molecular complexity index is 945. The van der Waals surface area contributed by atoms with E-state index in [2.05, 4.69) is 15.5 Å². The lowest BCUT2D eigenvalue weighted by Crippen LogP contribution is -2.48. The lowest BCUT2D eigenvalue weighted by atomic mass is 10.1. The van der Waals surface area contributed by atoms with Crippen LogP contribution in [0.25, 0.3) is 16.7 Å². The second-order valence-corrected chi connectivity index (χ2v) is 6.38. The molecule has 0 aliphatic carbocycles. The summed E-state index contributed by atoms with van der Waals surface area (Å²) in [6.07, 6.45) is 0. The summed E-state index contributed by atoms with van der Waals surface area (Å²) in [5.41, 5.74) is 6.75. The van der Waals surface area contributed by atoms with Crippen molar-refractivity contribution in [2.24, 2.45) is 0 Å². The molecule has 2 aromatic heterocycles. The van der Waals surface area contributed by atoms with Crippen molar-refractivity contribution in [2.45, 2.75) is 13.8 Å². The largest absolute Gasteiger partial charge is 0.379 e. The number of hydrogen-bond donors (Lipinski definition) is 1. The molecule has 1 N–H and O–H groups in total. The van der Waals surface area contributed by atoms with Crippen LogP contribution < -0.4 is 5.43 Å². The number of rotatable bonds is 3. The van der Waals surface area contributed by atoms with Crippen molar-refractivity contribution in [3.63, 3.8) is 0 Å². The third-order valence-electron chi connectivity index (χ3n) is 4.46. The van der Waals surface area contributed by atoms with Gasteiger partial charge in [-0.15, -0.1) is 0 Å². The van der Waals surface area contributed by atoms with Crippen molar-refractivity contribution in [2.75, 3.05) is 26.3 Å². The Kier molecular flexibility index (Phi) is 4.40. The molecule has 1 saturated heterocycles. The quantitative estimate of drug-likeness (QED) is 0.782. The predicted octanol–water partition coefficient (Wildman–Crippen LogP) is 2.01. The molecule has 0 saturated carbocycles. The van der Waals surface area contributed by atoms with Crippen molar-refractivity contribution in [3.05, 3.63) is 53.3 Å². The first-order valence-corrected chi connectivity index (χ1v) is 8.69. The number of hydrazine groups is 1. The highest BCUT2D eigenvalue weighted by molar-refractivity contribution is 6.06. The SMILES string of the molecule is Cc1cc(C(=O)NN2CCOCC2)c2c(C)nn(-c3ccccc3)c2n1. The molecular weight excluding hydrogens is 330 g/mol. The van der Waals surface area contributed by atoms with Gasteiger partial charge in [0.25, 0.3) is 5.91 Å². The van der Waals surface area contributed by atoms with Crippen LogP contribution in [0.3, 0.4) is 0 Å². The highest BCUT2D eigenvalue weighted by Gasteiger charge is 2.21. The van der Waals surface area contributed by atoms with Gasteiger partial charge < -0.3 is 4.74 Å². The Morgan fingerprint density at radius 1 is 1.15 bits per heavy atom. The molecule has 1 amide bonds. The van der Waals surface area contributed by atoms with Gasteiger partial charge in [-0.2, -0.15) is 5.10 Å². The average molecular weight is 351 g/mol. The molecule has 1 aromatic carbocycles. The second kappa shape index (κ2) is 6.86. The smallest absolute Gasteiger partial charge is 0.266 e. The minimum Gasteiger partial charge on any atom is -0.379 e. The summed E-state index contributed by atoms with van der Waals surface area (Å²) < 4.78 is 7.13. The van der Waals surface area contributed by atoms with Crippen LogP contribution in [0.2, 0.25) is 0 Å². The molecule has 3 heterocycles. The predicted molar refractivity (Wildman–Crippen MR) is 98.2 cm³/mol. The van der Waals surface area contributed by atoms with Crippen LogP contribution in [0.5, 0.6) is 0 Å². The van der Waals surface area contributed by atoms with Crippen molar-refractivity contribution < 1.29 is 9.53 Å². The molecule has 7 heteroatoms. The number of carbonyl (C=O) groups is 1. The zero-order valence-corrected chi connectivity index (χ0v) is 14.9. The maximum absolute atomic E-state index is 12.9. The molecule has 0 radical (unpaired) electrons. The van der Waals surface area contributed by atoms with Gasteiger partial charge in [0.2, 0.25) is 0 Å². The molecule has 4 rings (SSSR count). The van der Waals surface area contributed by atoms with Crippen LogP contribution >= 0.6 is 0 Å². The standard InChI is InChI=1S/C19H21N5O2/c1-13-12-16(19(25)22-23-8-10-26-11-9-23)17-14(2)21-24(18(17)20-13)15-6-4-3-5-7-15/h3-7,12H,8-11H2,1-2H3,(H,22,25). The number of hydrogen-bond acceptors (Lipinski definition) is 5. The number of amides is 1. The van der Waals surface area contributed by atoms with Crippen LogP contribution in [0.4, 0.5) is 0 Å². The van der Waals surface area contributed by atoms with Crippen molar-refractivity contribution in [3.8, 4) is 5.69 Å². The molecule has 134 valence electrons. The van der Waals surface area contributed by atoms with Crippen LogP contribution in [0.15, 0.2) is 36.4 Å². The second-order valence-electron chi connectivity index (χ2n) is 6.38. The van der Waals surface area contributed by atoms with Crippen LogP contribution in [-0.4, -0.2) is 52.0 Å². The summed E-state index contributed by atoms with van der Waals surface area (Å²) in [6.45, 7) is 6.40. The molecule has 26 heavy (non-hydrogen) atoms. The van der Waals surface area contributed by atoms with E-state index < -0.39 is 0 Å². The Morgan fingerprint density at radius 2 is 1.88 bits per heavy atom. The summed E-state index contributed by atoms with van der Waals surface area (Å²) >= 11 is 0. The number of pyridine rings is 1. The Balaban J connectivity index is 1.78. The fourth-order valence-corrected chi connectivity index (χ4v) is 3.22. The number of carbonyl (C=O) groups excluding carboxylic acids is 1. The maximum Gasteiger partial charge on any atom is 0.266 e. The van der Waals surface area contributed by atoms with Gasteiger partial charge in [-0.1, -0.05) is 18.2 Å². The Morgan fingerprint density at radius 3 is 2.62 bits per heavy atom. The Labute approximate surface area is 151 Å². The van der Waals surface area contributed by atoms with Gasteiger partial charge >= 0.3 is 0 Å². The van der Waals surface area contributed by atoms with Gasteiger partial charge in [-0.25, -0.2) is 14.7 Å². The zero-order valence-electron chi connectivity index (χ0n) is 14.9. The van der Waals surface area contributed by atoms with E-state index in [0.717, 1.165) is 22.5 Å². The number of nitrogens with one attached hydrogen (secondary N) is 1. The van der Waals surface area contributed by atoms with E-state index in [1.807, 2.05) is 55.3 Å². The third-order valence-corrected chi connectivity index (χ3v) is 4.46. The topological polar surface area (TPSA) is 72.3 Å². The van der Waals surface area contributed by atoms with Gasteiger partial charge in [-0.05, 0) is 32.0 Å². The highest BCUT2D eigenvalue weighted by atomic mass is 16.5. The fraction of sp³-hybridized carbons (Fsp3) is 0.316. The summed E-state index contributed by atoms with van der Waals surface area (Å²) in [7, 11) is 0. The number of ether oxygens (including phenoxy) is 1. The molecule has 0 bridgehead atoms. The molecular formula is C19H21N5O2. The van der Waals surface area contributed by atoms with E-state index in [4.69, 9.17) is 4.74 Å². The van der Waals surface area contributed by atoms with Crippen molar-refractivity contribution in [1.29, 1.82) is 0 Å². The lowest BCUT2D eigenvalue weighted by molar-refractivity contribution is 0.0126. The lowest BCUT2D eigenvalue weighted by Gasteiger charge is -2.27. The molecule has 7 nitrogen and oxygen atoms in total. The number of fused-ring (bicyclic) bond motifs is 1. The van der Waals surface area contributed by atoms with E-state index in [0.29, 0.717) is 37.5 Å².